The zero-order valence-electron chi connectivity index (χ0n) is 11.4. The van der Waals surface area contributed by atoms with Crippen LogP contribution in [0.3, 0.4) is 0 Å². The summed E-state index contributed by atoms with van der Waals surface area (Å²) in [5, 5.41) is 0. The quantitative estimate of drug-likeness (QED) is 0.746. The van der Waals surface area contributed by atoms with Gasteiger partial charge >= 0.3 is 5.97 Å². The molecule has 0 saturated heterocycles. The molecule has 100 valence electrons. The molecule has 0 radical (unpaired) electrons. The molecule has 18 heavy (non-hydrogen) atoms. The summed E-state index contributed by atoms with van der Waals surface area (Å²) in [6, 6.07) is 3.68. The van der Waals surface area contributed by atoms with Crippen LogP contribution < -0.4 is 14.4 Å². The lowest BCUT2D eigenvalue weighted by atomic mass is 10.1. The van der Waals surface area contributed by atoms with Gasteiger partial charge in [-0.2, -0.15) is 0 Å². The second-order valence-electron chi connectivity index (χ2n) is 3.93. The number of benzene rings is 1. The molecule has 0 heterocycles. The molecule has 0 spiro atoms. The number of nitrogens with zero attached hydrogens (tertiary/aromatic N) is 1. The molecule has 1 aromatic rings. The van der Waals surface area contributed by atoms with Gasteiger partial charge in [0, 0.05) is 13.1 Å². The number of hydrogen-bond acceptors (Lipinski definition) is 5. The average molecular weight is 253 g/mol. The maximum Gasteiger partial charge on any atom is 0.325 e. The Kier molecular flexibility index (Phi) is 4.83. The van der Waals surface area contributed by atoms with Crippen LogP contribution in [0, 0.1) is 6.92 Å². The van der Waals surface area contributed by atoms with Crippen molar-refractivity contribution in [3.8, 4) is 11.5 Å². The number of ether oxygens (including phenoxy) is 3. The molecule has 0 atom stereocenters. The molecule has 5 nitrogen and oxygen atoms in total. The highest BCUT2D eigenvalue weighted by molar-refractivity contribution is 5.78. The Morgan fingerprint density at radius 1 is 1.22 bits per heavy atom. The predicted octanol–water partition coefficient (Wildman–Crippen LogP) is 1.62. The van der Waals surface area contributed by atoms with E-state index in [0.717, 1.165) is 17.0 Å². The lowest BCUT2D eigenvalue weighted by Gasteiger charge is -2.23. The molecule has 1 aromatic carbocycles. The van der Waals surface area contributed by atoms with Gasteiger partial charge in [0.1, 0.15) is 18.0 Å². The first-order valence-electron chi connectivity index (χ1n) is 5.54. The van der Waals surface area contributed by atoms with Crippen LogP contribution in [0.5, 0.6) is 11.5 Å². The number of carbonyl (C=O) groups is 1. The highest BCUT2D eigenvalue weighted by Crippen LogP contribution is 2.35. The summed E-state index contributed by atoms with van der Waals surface area (Å²) in [6.07, 6.45) is 0. The van der Waals surface area contributed by atoms with E-state index in [2.05, 4.69) is 4.74 Å². The predicted molar refractivity (Wildman–Crippen MR) is 69.6 cm³/mol. The first-order chi connectivity index (χ1) is 8.53. The summed E-state index contributed by atoms with van der Waals surface area (Å²) in [5.41, 5.74) is 1.82. The Balaban J connectivity index is 3.10. The molecule has 0 bridgehead atoms. The van der Waals surface area contributed by atoms with Gasteiger partial charge in [-0.1, -0.05) is 0 Å². The number of methoxy groups -OCH3 is 3. The number of anilines is 1. The van der Waals surface area contributed by atoms with Crippen molar-refractivity contribution in [2.45, 2.75) is 6.92 Å². The van der Waals surface area contributed by atoms with Gasteiger partial charge in [-0.15, -0.1) is 0 Å². The zero-order valence-corrected chi connectivity index (χ0v) is 11.4. The van der Waals surface area contributed by atoms with Crippen LogP contribution in [0.4, 0.5) is 5.69 Å². The Bertz CT molecular complexity index is 431. The van der Waals surface area contributed by atoms with E-state index in [9.17, 15) is 4.79 Å². The molecule has 0 aliphatic heterocycles. The van der Waals surface area contributed by atoms with E-state index in [-0.39, 0.29) is 12.5 Å². The monoisotopic (exact) mass is 253 g/mol. The zero-order chi connectivity index (χ0) is 13.7. The van der Waals surface area contributed by atoms with E-state index in [1.807, 2.05) is 20.0 Å². The van der Waals surface area contributed by atoms with E-state index in [4.69, 9.17) is 9.47 Å². The SMILES string of the molecule is COC(=O)CN(C)c1c(C)cc(OC)cc1OC. The Labute approximate surface area is 107 Å². The van der Waals surface area contributed by atoms with Crippen LogP contribution in [0.15, 0.2) is 12.1 Å². The number of aryl methyl sites for hydroxylation is 1. The first-order valence-corrected chi connectivity index (χ1v) is 5.54. The molecule has 0 unspecified atom stereocenters. The van der Waals surface area contributed by atoms with Gasteiger partial charge in [-0.25, -0.2) is 0 Å². The van der Waals surface area contributed by atoms with E-state index < -0.39 is 0 Å². The van der Waals surface area contributed by atoms with Gasteiger partial charge in [0.25, 0.3) is 0 Å². The molecule has 5 heteroatoms. The van der Waals surface area contributed by atoms with Gasteiger partial charge < -0.3 is 19.1 Å². The van der Waals surface area contributed by atoms with Gasteiger partial charge in [-0.05, 0) is 18.6 Å². The third-order valence-corrected chi connectivity index (χ3v) is 2.67. The summed E-state index contributed by atoms with van der Waals surface area (Å²) in [4.78, 5) is 13.1. The molecule has 1 rings (SSSR count). The van der Waals surface area contributed by atoms with Gasteiger partial charge in [0.15, 0.2) is 0 Å². The second-order valence-corrected chi connectivity index (χ2v) is 3.93. The molecular formula is C13H19NO4. The van der Waals surface area contributed by atoms with Crippen LogP contribution in [0.2, 0.25) is 0 Å². The summed E-state index contributed by atoms with van der Waals surface area (Å²) >= 11 is 0. The lowest BCUT2D eigenvalue weighted by Crippen LogP contribution is -2.27. The smallest absolute Gasteiger partial charge is 0.325 e. The normalized spacial score (nSPS) is 9.83. The van der Waals surface area contributed by atoms with E-state index >= 15 is 0 Å². The maximum atomic E-state index is 11.3. The standard InChI is InChI=1S/C13H19NO4/c1-9-6-10(16-3)7-11(17-4)13(9)14(2)8-12(15)18-5/h6-7H,8H2,1-5H3. The van der Waals surface area contributed by atoms with Gasteiger partial charge in [-0.3, -0.25) is 4.79 Å². The van der Waals surface area contributed by atoms with Crippen molar-refractivity contribution in [3.05, 3.63) is 17.7 Å². The Hall–Kier alpha value is -1.91. The minimum atomic E-state index is -0.297. The van der Waals surface area contributed by atoms with Crippen LogP contribution >= 0.6 is 0 Å². The van der Waals surface area contributed by atoms with Crippen molar-refractivity contribution in [1.29, 1.82) is 0 Å². The Morgan fingerprint density at radius 2 is 1.89 bits per heavy atom. The third-order valence-electron chi connectivity index (χ3n) is 2.67. The minimum absolute atomic E-state index is 0.167. The van der Waals surface area contributed by atoms with Crippen molar-refractivity contribution in [2.24, 2.45) is 0 Å². The lowest BCUT2D eigenvalue weighted by molar-refractivity contribution is -0.138. The highest BCUT2D eigenvalue weighted by atomic mass is 16.5. The van der Waals surface area contributed by atoms with Crippen molar-refractivity contribution in [2.75, 3.05) is 39.8 Å². The number of carbonyl (C=O) groups excluding carboxylic acids is 1. The number of esters is 1. The number of hydrogen-bond donors (Lipinski definition) is 0. The highest BCUT2D eigenvalue weighted by Gasteiger charge is 2.16. The fourth-order valence-electron chi connectivity index (χ4n) is 1.82. The molecule has 0 amide bonds. The number of rotatable bonds is 5. The minimum Gasteiger partial charge on any atom is -0.497 e. The molecule has 0 aliphatic rings. The van der Waals surface area contributed by atoms with Crippen LogP contribution in [0.1, 0.15) is 5.56 Å². The molecule has 0 N–H and O–H groups in total. The summed E-state index contributed by atoms with van der Waals surface area (Å²) in [7, 11) is 6.37. The molecule has 0 aliphatic carbocycles. The molecule has 0 saturated carbocycles. The van der Waals surface area contributed by atoms with Crippen molar-refractivity contribution < 1.29 is 19.0 Å². The van der Waals surface area contributed by atoms with Crippen molar-refractivity contribution >= 4 is 11.7 Å². The fraction of sp³-hybridized carbons (Fsp3) is 0.462. The number of likely N-dealkylation sites (N-methyl/N-ethyl adjacent to an activating group) is 1. The summed E-state index contributed by atoms with van der Waals surface area (Å²) < 4.78 is 15.2. The molecule has 0 aromatic heterocycles. The van der Waals surface area contributed by atoms with Gasteiger partial charge in [0.05, 0.1) is 27.0 Å². The first kappa shape index (κ1) is 14.2. The Morgan fingerprint density at radius 3 is 2.39 bits per heavy atom. The largest absolute Gasteiger partial charge is 0.497 e. The van der Waals surface area contributed by atoms with Crippen molar-refractivity contribution in [1.82, 2.24) is 0 Å². The fourth-order valence-corrected chi connectivity index (χ4v) is 1.82. The van der Waals surface area contributed by atoms with Crippen molar-refractivity contribution in [3.63, 3.8) is 0 Å². The van der Waals surface area contributed by atoms with Crippen LogP contribution in [-0.2, 0) is 9.53 Å². The molecular weight excluding hydrogens is 234 g/mol. The average Bonchev–Trinajstić information content (AvgIpc) is 2.36. The summed E-state index contributed by atoms with van der Waals surface area (Å²) in [6.45, 7) is 2.11. The molecule has 0 fully saturated rings. The second kappa shape index (κ2) is 6.14. The van der Waals surface area contributed by atoms with E-state index in [0.29, 0.717) is 5.75 Å². The van der Waals surface area contributed by atoms with E-state index in [1.165, 1.54) is 7.11 Å². The maximum absolute atomic E-state index is 11.3. The third kappa shape index (κ3) is 3.06. The van der Waals surface area contributed by atoms with Crippen LogP contribution in [-0.4, -0.2) is 40.9 Å². The summed E-state index contributed by atoms with van der Waals surface area (Å²) in [5.74, 6) is 1.09. The van der Waals surface area contributed by atoms with Crippen LogP contribution in [0.25, 0.3) is 0 Å². The topological polar surface area (TPSA) is 48.0 Å². The van der Waals surface area contributed by atoms with E-state index in [1.54, 1.807) is 25.2 Å². The van der Waals surface area contributed by atoms with Gasteiger partial charge in [0.2, 0.25) is 0 Å².